The first-order chi connectivity index (χ1) is 10.4. The molecule has 0 saturated carbocycles. The summed E-state index contributed by atoms with van der Waals surface area (Å²) in [5.41, 5.74) is 1.98. The monoisotopic (exact) mass is 317 g/mol. The number of carbonyl (C=O) groups is 1. The number of nitrogens with one attached hydrogen (secondary N) is 1. The van der Waals surface area contributed by atoms with Crippen molar-refractivity contribution in [2.75, 3.05) is 12.8 Å². The molecule has 2 aromatic carbocycles. The van der Waals surface area contributed by atoms with E-state index >= 15 is 0 Å². The topological polar surface area (TPSA) is 63.2 Å². The van der Waals surface area contributed by atoms with E-state index in [1.807, 2.05) is 30.3 Å². The fourth-order valence-corrected chi connectivity index (χ4v) is 2.72. The van der Waals surface area contributed by atoms with Crippen molar-refractivity contribution in [2.45, 2.75) is 17.7 Å². The SMILES string of the molecule is CS(=O)(=O)c1ccc(CCNC(=O)Cc2ccccc2)cc1. The maximum absolute atomic E-state index is 11.8. The van der Waals surface area contributed by atoms with Gasteiger partial charge in [-0.2, -0.15) is 0 Å². The Morgan fingerprint density at radius 3 is 2.18 bits per heavy atom. The maximum atomic E-state index is 11.8. The number of amides is 1. The van der Waals surface area contributed by atoms with Gasteiger partial charge in [-0.25, -0.2) is 8.42 Å². The first-order valence-electron chi connectivity index (χ1n) is 7.05. The Morgan fingerprint density at radius 2 is 1.59 bits per heavy atom. The van der Waals surface area contributed by atoms with Gasteiger partial charge in [0, 0.05) is 12.8 Å². The summed E-state index contributed by atoms with van der Waals surface area (Å²) >= 11 is 0. The molecule has 0 fully saturated rings. The van der Waals surface area contributed by atoms with E-state index in [4.69, 9.17) is 0 Å². The van der Waals surface area contributed by atoms with Crippen LogP contribution in [0.4, 0.5) is 0 Å². The van der Waals surface area contributed by atoms with Gasteiger partial charge in [0.05, 0.1) is 11.3 Å². The van der Waals surface area contributed by atoms with Crippen molar-refractivity contribution in [3.8, 4) is 0 Å². The van der Waals surface area contributed by atoms with Crippen molar-refractivity contribution < 1.29 is 13.2 Å². The predicted octanol–water partition coefficient (Wildman–Crippen LogP) is 1.99. The molecule has 2 aromatic rings. The van der Waals surface area contributed by atoms with Crippen LogP contribution in [0.2, 0.25) is 0 Å². The van der Waals surface area contributed by atoms with Crippen LogP contribution in [0.15, 0.2) is 59.5 Å². The number of hydrogen-bond acceptors (Lipinski definition) is 3. The number of hydrogen-bond donors (Lipinski definition) is 1. The van der Waals surface area contributed by atoms with Gasteiger partial charge in [0.1, 0.15) is 0 Å². The van der Waals surface area contributed by atoms with Crippen LogP contribution in [-0.4, -0.2) is 27.1 Å². The van der Waals surface area contributed by atoms with Crippen LogP contribution in [0, 0.1) is 0 Å². The van der Waals surface area contributed by atoms with E-state index in [0.29, 0.717) is 24.3 Å². The lowest BCUT2D eigenvalue weighted by molar-refractivity contribution is -0.120. The zero-order valence-electron chi connectivity index (χ0n) is 12.5. The third-order valence-electron chi connectivity index (χ3n) is 3.29. The largest absolute Gasteiger partial charge is 0.355 e. The molecule has 0 spiro atoms. The molecule has 0 aliphatic carbocycles. The summed E-state index contributed by atoms with van der Waals surface area (Å²) in [5, 5.41) is 2.87. The Kier molecular flexibility index (Phi) is 5.33. The molecule has 0 radical (unpaired) electrons. The van der Waals surface area contributed by atoms with Gasteiger partial charge in [-0.1, -0.05) is 42.5 Å². The summed E-state index contributed by atoms with van der Waals surface area (Å²) in [7, 11) is -3.16. The Labute approximate surface area is 131 Å². The molecule has 4 nitrogen and oxygen atoms in total. The van der Waals surface area contributed by atoms with Gasteiger partial charge in [-0.3, -0.25) is 4.79 Å². The lowest BCUT2D eigenvalue weighted by atomic mass is 10.1. The number of carbonyl (C=O) groups excluding carboxylic acids is 1. The molecule has 116 valence electrons. The highest BCUT2D eigenvalue weighted by atomic mass is 32.2. The molecule has 1 amide bonds. The minimum atomic E-state index is -3.16. The molecule has 0 atom stereocenters. The van der Waals surface area contributed by atoms with Crippen LogP contribution in [0.3, 0.4) is 0 Å². The fraction of sp³-hybridized carbons (Fsp3) is 0.235. The highest BCUT2D eigenvalue weighted by Crippen LogP contribution is 2.10. The zero-order valence-corrected chi connectivity index (χ0v) is 13.3. The van der Waals surface area contributed by atoms with E-state index in [2.05, 4.69) is 5.32 Å². The molecule has 0 saturated heterocycles. The van der Waals surface area contributed by atoms with E-state index in [9.17, 15) is 13.2 Å². The fourth-order valence-electron chi connectivity index (χ4n) is 2.09. The lowest BCUT2D eigenvalue weighted by Crippen LogP contribution is -2.27. The molecule has 0 aliphatic rings. The van der Waals surface area contributed by atoms with Gasteiger partial charge in [0.15, 0.2) is 9.84 Å². The Hall–Kier alpha value is -2.14. The van der Waals surface area contributed by atoms with Crippen molar-refractivity contribution in [3.05, 3.63) is 65.7 Å². The van der Waals surface area contributed by atoms with E-state index in [-0.39, 0.29) is 5.91 Å². The summed E-state index contributed by atoms with van der Waals surface area (Å²) in [6.45, 7) is 0.532. The van der Waals surface area contributed by atoms with Crippen molar-refractivity contribution in [1.29, 1.82) is 0 Å². The van der Waals surface area contributed by atoms with Crippen LogP contribution in [0.1, 0.15) is 11.1 Å². The standard InChI is InChI=1S/C17H19NO3S/c1-22(20,21)16-9-7-14(8-10-16)11-12-18-17(19)13-15-5-3-2-4-6-15/h2-10H,11-13H2,1H3,(H,18,19). The summed E-state index contributed by atoms with van der Waals surface area (Å²) in [5.74, 6) is -0.0149. The molecule has 1 N–H and O–H groups in total. The molecule has 2 rings (SSSR count). The quantitative estimate of drug-likeness (QED) is 0.886. The van der Waals surface area contributed by atoms with E-state index in [1.54, 1.807) is 24.3 Å². The second kappa shape index (κ2) is 7.22. The summed E-state index contributed by atoms with van der Waals surface area (Å²) in [4.78, 5) is 12.1. The Bertz CT molecular complexity index is 722. The van der Waals surface area contributed by atoms with Crippen molar-refractivity contribution in [1.82, 2.24) is 5.32 Å². The predicted molar refractivity (Wildman–Crippen MR) is 86.4 cm³/mol. The van der Waals surface area contributed by atoms with Gasteiger partial charge in [-0.05, 0) is 29.7 Å². The van der Waals surface area contributed by atoms with E-state index in [0.717, 1.165) is 11.1 Å². The first-order valence-corrected chi connectivity index (χ1v) is 8.94. The zero-order chi connectivity index (χ0) is 16.0. The molecule has 0 bridgehead atoms. The minimum Gasteiger partial charge on any atom is -0.355 e. The summed E-state index contributed by atoms with van der Waals surface area (Å²) in [6.07, 6.45) is 2.23. The number of rotatable bonds is 6. The van der Waals surface area contributed by atoms with Crippen LogP contribution in [-0.2, 0) is 27.5 Å². The third kappa shape index (κ3) is 5.00. The maximum Gasteiger partial charge on any atom is 0.224 e. The molecule has 0 aromatic heterocycles. The molecule has 0 heterocycles. The van der Waals surface area contributed by atoms with Gasteiger partial charge in [-0.15, -0.1) is 0 Å². The average Bonchev–Trinajstić information content (AvgIpc) is 2.48. The third-order valence-corrected chi connectivity index (χ3v) is 4.42. The van der Waals surface area contributed by atoms with Crippen LogP contribution in [0.5, 0.6) is 0 Å². The summed E-state index contributed by atoms with van der Waals surface area (Å²) in [6, 6.07) is 16.3. The first kappa shape index (κ1) is 16.2. The molecule has 5 heteroatoms. The van der Waals surface area contributed by atoms with Gasteiger partial charge in [0.25, 0.3) is 0 Å². The molecule has 0 aliphatic heterocycles. The second-order valence-electron chi connectivity index (χ2n) is 5.18. The van der Waals surface area contributed by atoms with Gasteiger partial charge >= 0.3 is 0 Å². The highest BCUT2D eigenvalue weighted by molar-refractivity contribution is 7.90. The smallest absolute Gasteiger partial charge is 0.224 e. The molecular weight excluding hydrogens is 298 g/mol. The normalized spacial score (nSPS) is 11.1. The minimum absolute atomic E-state index is 0.0149. The van der Waals surface area contributed by atoms with Gasteiger partial charge < -0.3 is 5.32 Å². The number of benzene rings is 2. The Balaban J connectivity index is 1.80. The van der Waals surface area contributed by atoms with Gasteiger partial charge in [0.2, 0.25) is 5.91 Å². The van der Waals surface area contributed by atoms with E-state index in [1.165, 1.54) is 6.26 Å². The second-order valence-corrected chi connectivity index (χ2v) is 7.19. The van der Waals surface area contributed by atoms with Crippen LogP contribution < -0.4 is 5.32 Å². The highest BCUT2D eigenvalue weighted by Gasteiger charge is 2.06. The van der Waals surface area contributed by atoms with Crippen LogP contribution in [0.25, 0.3) is 0 Å². The molecule has 22 heavy (non-hydrogen) atoms. The van der Waals surface area contributed by atoms with E-state index < -0.39 is 9.84 Å². The number of sulfone groups is 1. The average molecular weight is 317 g/mol. The van der Waals surface area contributed by atoms with Crippen molar-refractivity contribution >= 4 is 15.7 Å². The van der Waals surface area contributed by atoms with Crippen LogP contribution >= 0.6 is 0 Å². The van der Waals surface area contributed by atoms with Crippen molar-refractivity contribution in [2.24, 2.45) is 0 Å². The molecular formula is C17H19NO3S. The summed E-state index contributed by atoms with van der Waals surface area (Å²) < 4.78 is 22.7. The lowest BCUT2D eigenvalue weighted by Gasteiger charge is -2.06. The molecule has 0 unspecified atom stereocenters. The van der Waals surface area contributed by atoms with Crippen molar-refractivity contribution in [3.63, 3.8) is 0 Å². The Morgan fingerprint density at radius 1 is 0.955 bits per heavy atom.